The van der Waals surface area contributed by atoms with Crippen LogP contribution in [0.3, 0.4) is 0 Å². The molecule has 4 aliphatic carbocycles. The largest absolute Gasteiger partial charge is 0.373 e. The summed E-state index contributed by atoms with van der Waals surface area (Å²) in [5.74, 6) is 6.27. The maximum Gasteiger partial charge on any atom is 0.0812 e. The van der Waals surface area contributed by atoms with Crippen LogP contribution in [0.15, 0.2) is 0 Å². The van der Waals surface area contributed by atoms with Crippen molar-refractivity contribution in [1.29, 1.82) is 0 Å². The molecule has 0 radical (unpaired) electrons. The fraction of sp³-hybridized carbons (Fsp3) is 1.00. The third kappa shape index (κ3) is 1.68. The molecule has 0 aromatic carbocycles. The van der Waals surface area contributed by atoms with Gasteiger partial charge in [-0.15, -0.1) is 0 Å². The minimum absolute atomic E-state index is 0.644. The number of epoxide rings is 2. The Bertz CT molecular complexity index is 317. The van der Waals surface area contributed by atoms with Crippen LogP contribution in [0.5, 0.6) is 0 Å². The van der Waals surface area contributed by atoms with Crippen molar-refractivity contribution in [3.63, 3.8) is 0 Å². The van der Waals surface area contributed by atoms with Gasteiger partial charge in [0.1, 0.15) is 0 Å². The molecule has 2 nitrogen and oxygen atoms in total. The Hall–Kier alpha value is -0.0800. The zero-order valence-corrected chi connectivity index (χ0v) is 11.1. The predicted octanol–water partition coefficient (Wildman–Crippen LogP) is 2.86. The molecule has 2 heterocycles. The van der Waals surface area contributed by atoms with Crippen LogP contribution in [0.4, 0.5) is 0 Å². The Labute approximate surface area is 109 Å². The predicted molar refractivity (Wildman–Crippen MR) is 68.1 cm³/mol. The minimum Gasteiger partial charge on any atom is -0.373 e. The summed E-state index contributed by atoms with van der Waals surface area (Å²) in [7, 11) is 0. The van der Waals surface area contributed by atoms with Crippen molar-refractivity contribution in [3.8, 4) is 0 Å². The van der Waals surface area contributed by atoms with E-state index >= 15 is 0 Å². The third-order valence-electron chi connectivity index (χ3n) is 6.67. The van der Waals surface area contributed by atoms with Gasteiger partial charge in [0.15, 0.2) is 0 Å². The van der Waals surface area contributed by atoms with Gasteiger partial charge in [-0.25, -0.2) is 0 Å². The van der Waals surface area contributed by atoms with E-state index in [2.05, 4.69) is 0 Å². The number of hydrogen-bond acceptors (Lipinski definition) is 2. The van der Waals surface area contributed by atoms with Crippen LogP contribution >= 0.6 is 0 Å². The second kappa shape index (κ2) is 3.73. The summed E-state index contributed by atoms with van der Waals surface area (Å²) in [6.07, 6.45) is 10.3. The Kier molecular flexibility index (Phi) is 2.21. The van der Waals surface area contributed by atoms with E-state index in [-0.39, 0.29) is 0 Å². The summed E-state index contributed by atoms with van der Waals surface area (Å²) in [6.45, 7) is 2.11. The van der Waals surface area contributed by atoms with E-state index in [4.69, 9.17) is 9.47 Å². The van der Waals surface area contributed by atoms with E-state index in [1.54, 1.807) is 25.7 Å². The highest BCUT2D eigenvalue weighted by molar-refractivity contribution is 5.04. The van der Waals surface area contributed by atoms with Crippen LogP contribution in [0.2, 0.25) is 0 Å². The SMILES string of the molecule is C1OC1CC1C2CC3CC(C2)C(CC2CO2)C1C3. The highest BCUT2D eigenvalue weighted by atomic mass is 16.6. The monoisotopic (exact) mass is 248 g/mol. The highest BCUT2D eigenvalue weighted by Crippen LogP contribution is 2.61. The van der Waals surface area contributed by atoms with Crippen LogP contribution in [-0.4, -0.2) is 25.4 Å². The molecule has 0 spiro atoms. The quantitative estimate of drug-likeness (QED) is 0.715. The summed E-state index contributed by atoms with van der Waals surface area (Å²) >= 11 is 0. The van der Waals surface area contributed by atoms with Crippen LogP contribution in [-0.2, 0) is 9.47 Å². The molecule has 0 N–H and O–H groups in total. The normalized spacial score (nSPS) is 60.0. The summed E-state index contributed by atoms with van der Waals surface area (Å²) < 4.78 is 11.0. The first kappa shape index (κ1) is 10.7. The molecule has 6 fully saturated rings. The van der Waals surface area contributed by atoms with Crippen molar-refractivity contribution in [2.75, 3.05) is 13.2 Å². The third-order valence-corrected chi connectivity index (χ3v) is 6.67. The van der Waals surface area contributed by atoms with Gasteiger partial charge in [0, 0.05) is 0 Å². The first-order valence-electron chi connectivity index (χ1n) is 8.10. The Balaban J connectivity index is 1.39. The Morgan fingerprint density at radius 1 is 0.722 bits per heavy atom. The van der Waals surface area contributed by atoms with Gasteiger partial charge in [-0.2, -0.15) is 0 Å². The van der Waals surface area contributed by atoms with E-state index in [0.29, 0.717) is 12.2 Å². The summed E-state index contributed by atoms with van der Waals surface area (Å²) in [6, 6.07) is 0. The van der Waals surface area contributed by atoms with Gasteiger partial charge in [0.05, 0.1) is 25.4 Å². The second-order valence-corrected chi connectivity index (χ2v) is 7.70. The molecule has 100 valence electrons. The van der Waals surface area contributed by atoms with E-state index in [1.165, 1.54) is 12.8 Å². The molecular formula is C16H24O2. The molecule has 2 aliphatic heterocycles. The Morgan fingerprint density at radius 3 is 1.78 bits per heavy atom. The molecule has 0 aromatic heterocycles. The molecule has 0 amide bonds. The molecule has 6 rings (SSSR count). The van der Waals surface area contributed by atoms with Crippen molar-refractivity contribution in [2.24, 2.45) is 35.5 Å². The van der Waals surface area contributed by atoms with Gasteiger partial charge >= 0.3 is 0 Å². The van der Waals surface area contributed by atoms with Crippen LogP contribution < -0.4 is 0 Å². The fourth-order valence-corrected chi connectivity index (χ4v) is 5.93. The van der Waals surface area contributed by atoms with E-state index in [0.717, 1.165) is 48.7 Å². The zero-order valence-electron chi connectivity index (χ0n) is 11.1. The van der Waals surface area contributed by atoms with Crippen molar-refractivity contribution in [3.05, 3.63) is 0 Å². The molecule has 6 unspecified atom stereocenters. The number of hydrogen-bond donors (Lipinski definition) is 0. The fourth-order valence-electron chi connectivity index (χ4n) is 5.93. The van der Waals surface area contributed by atoms with Crippen molar-refractivity contribution in [1.82, 2.24) is 0 Å². The molecule has 2 heteroatoms. The highest BCUT2D eigenvalue weighted by Gasteiger charge is 2.54. The molecule has 2 saturated heterocycles. The lowest BCUT2D eigenvalue weighted by Crippen LogP contribution is -2.51. The van der Waals surface area contributed by atoms with Gasteiger partial charge in [-0.1, -0.05) is 0 Å². The molecule has 6 aliphatic rings. The van der Waals surface area contributed by atoms with E-state index in [9.17, 15) is 0 Å². The summed E-state index contributed by atoms with van der Waals surface area (Å²) in [5.41, 5.74) is 0. The summed E-state index contributed by atoms with van der Waals surface area (Å²) in [5, 5.41) is 0. The van der Waals surface area contributed by atoms with Gasteiger partial charge in [0.2, 0.25) is 0 Å². The first-order valence-corrected chi connectivity index (χ1v) is 8.10. The van der Waals surface area contributed by atoms with Crippen LogP contribution in [0.1, 0.15) is 38.5 Å². The average Bonchev–Trinajstić information content (AvgIpc) is 3.22. The molecule has 6 atom stereocenters. The second-order valence-electron chi connectivity index (χ2n) is 7.70. The van der Waals surface area contributed by atoms with Crippen molar-refractivity contribution < 1.29 is 9.47 Å². The molecule has 18 heavy (non-hydrogen) atoms. The van der Waals surface area contributed by atoms with E-state index < -0.39 is 0 Å². The van der Waals surface area contributed by atoms with Crippen molar-refractivity contribution >= 4 is 0 Å². The lowest BCUT2D eigenvalue weighted by atomic mass is 9.46. The molecule has 4 bridgehead atoms. The van der Waals surface area contributed by atoms with Crippen molar-refractivity contribution in [2.45, 2.75) is 50.7 Å². The smallest absolute Gasteiger partial charge is 0.0812 e. The number of ether oxygens (including phenoxy) is 2. The van der Waals surface area contributed by atoms with Gasteiger partial charge in [-0.3, -0.25) is 0 Å². The Morgan fingerprint density at radius 2 is 1.28 bits per heavy atom. The molecule has 0 aromatic rings. The molecule has 4 saturated carbocycles. The first-order chi connectivity index (χ1) is 8.87. The topological polar surface area (TPSA) is 25.1 Å². The average molecular weight is 248 g/mol. The maximum atomic E-state index is 5.52. The van der Waals surface area contributed by atoms with Gasteiger partial charge in [0.25, 0.3) is 0 Å². The lowest BCUT2D eigenvalue weighted by molar-refractivity contribution is -0.0936. The lowest BCUT2D eigenvalue weighted by Gasteiger charge is -2.58. The standard InChI is InChI=1S/C16H24O2/c1-9-2-11-4-10(1)14(5-12-7-17-12)16(3-9)15(11)6-13-8-18-13/h9-16H,1-8H2. The van der Waals surface area contributed by atoms with Crippen LogP contribution in [0, 0.1) is 35.5 Å². The van der Waals surface area contributed by atoms with Gasteiger partial charge in [-0.05, 0) is 74.0 Å². The van der Waals surface area contributed by atoms with E-state index in [1.807, 2.05) is 0 Å². The summed E-state index contributed by atoms with van der Waals surface area (Å²) in [4.78, 5) is 0. The van der Waals surface area contributed by atoms with Gasteiger partial charge < -0.3 is 9.47 Å². The maximum absolute atomic E-state index is 5.52. The minimum atomic E-state index is 0.644. The van der Waals surface area contributed by atoms with Crippen LogP contribution in [0.25, 0.3) is 0 Å². The number of rotatable bonds is 4. The molecular weight excluding hydrogens is 224 g/mol. The zero-order chi connectivity index (χ0) is 11.7.